The molecule has 0 aliphatic carbocycles. The lowest BCUT2D eigenvalue weighted by Crippen LogP contribution is -2.02. The first-order chi connectivity index (χ1) is 30.2. The van der Waals surface area contributed by atoms with E-state index >= 15 is 0 Å². The van der Waals surface area contributed by atoms with Crippen LogP contribution in [0.3, 0.4) is 0 Å². The molecule has 0 bridgehead atoms. The van der Waals surface area contributed by atoms with Crippen molar-refractivity contribution < 1.29 is 0 Å². The molecule has 0 N–H and O–H groups in total. The molecule has 12 aromatic rings. The first-order valence-corrected chi connectivity index (χ1v) is 21.4. The van der Waals surface area contributed by atoms with Crippen LogP contribution in [0.5, 0.6) is 0 Å². The van der Waals surface area contributed by atoms with E-state index in [0.29, 0.717) is 17.5 Å². The maximum absolute atomic E-state index is 5.39. The number of rotatable bonds is 6. The highest BCUT2D eigenvalue weighted by atomic mass is 32.1. The molecule has 10 aromatic carbocycles. The second-order valence-electron chi connectivity index (χ2n) is 15.5. The molecule has 0 aliphatic rings. The summed E-state index contributed by atoms with van der Waals surface area (Å²) in [6, 6.07) is 75.7. The standard InChI is InChI=1S/C57H35N3S/c1-3-15-36(16-4-1)39-24-13-26-47-44(39)25-14-27-50(47)55-58-56(51-33-31-40(37-17-5-2-6-18-37)42-19-7-9-21-45(42)51)60-57(59-55)52-34-32-41(43-20-8-10-22-46(43)52)38-29-30-49-48-23-11-12-28-53(48)61-54(49)35-38/h1-35H. The van der Waals surface area contributed by atoms with E-state index in [1.54, 1.807) is 0 Å². The molecule has 0 aliphatic heterocycles. The van der Waals surface area contributed by atoms with Crippen molar-refractivity contribution in [3.05, 3.63) is 212 Å². The molecule has 0 amide bonds. The molecule has 0 unspecified atom stereocenters. The lowest BCUT2D eigenvalue weighted by Gasteiger charge is -2.16. The quantitative estimate of drug-likeness (QED) is 0.168. The summed E-state index contributed by atoms with van der Waals surface area (Å²) in [7, 11) is 0. The molecule has 0 spiro atoms. The van der Waals surface area contributed by atoms with Crippen molar-refractivity contribution >= 4 is 63.8 Å². The fourth-order valence-electron chi connectivity index (χ4n) is 9.11. The Kier molecular flexibility index (Phi) is 8.36. The molecule has 3 nitrogen and oxygen atoms in total. The van der Waals surface area contributed by atoms with E-state index in [0.717, 1.165) is 49.0 Å². The van der Waals surface area contributed by atoms with Crippen LogP contribution >= 0.6 is 11.3 Å². The lowest BCUT2D eigenvalue weighted by atomic mass is 9.93. The van der Waals surface area contributed by atoms with Gasteiger partial charge in [0, 0.05) is 36.9 Å². The monoisotopic (exact) mass is 793 g/mol. The van der Waals surface area contributed by atoms with Gasteiger partial charge in [0.2, 0.25) is 0 Å². The van der Waals surface area contributed by atoms with Gasteiger partial charge in [-0.2, -0.15) is 0 Å². The number of fused-ring (bicyclic) bond motifs is 6. The van der Waals surface area contributed by atoms with Gasteiger partial charge in [0.15, 0.2) is 17.5 Å². The Balaban J connectivity index is 1.08. The van der Waals surface area contributed by atoms with Gasteiger partial charge in [-0.05, 0) is 90.0 Å². The van der Waals surface area contributed by atoms with Crippen LogP contribution in [0.2, 0.25) is 0 Å². The van der Waals surface area contributed by atoms with Crippen LogP contribution in [0.25, 0.3) is 120 Å². The Labute approximate surface area is 356 Å². The van der Waals surface area contributed by atoms with Crippen molar-refractivity contribution in [2.75, 3.05) is 0 Å². The summed E-state index contributed by atoms with van der Waals surface area (Å²) in [5.74, 6) is 1.90. The van der Waals surface area contributed by atoms with Crippen molar-refractivity contribution in [1.82, 2.24) is 15.0 Å². The Morgan fingerprint density at radius 3 is 1.13 bits per heavy atom. The van der Waals surface area contributed by atoms with Crippen LogP contribution in [0.4, 0.5) is 0 Å². The van der Waals surface area contributed by atoms with Gasteiger partial charge in [-0.15, -0.1) is 11.3 Å². The Morgan fingerprint density at radius 2 is 0.590 bits per heavy atom. The second-order valence-corrected chi connectivity index (χ2v) is 16.6. The zero-order valence-corrected chi connectivity index (χ0v) is 33.8. The number of hydrogen-bond donors (Lipinski definition) is 0. The molecule has 0 saturated carbocycles. The van der Waals surface area contributed by atoms with Crippen LogP contribution < -0.4 is 0 Å². The largest absolute Gasteiger partial charge is 0.208 e. The van der Waals surface area contributed by atoms with Crippen molar-refractivity contribution in [3.8, 4) is 67.5 Å². The summed E-state index contributed by atoms with van der Waals surface area (Å²) < 4.78 is 2.59. The van der Waals surface area contributed by atoms with Crippen molar-refractivity contribution in [2.24, 2.45) is 0 Å². The molecule has 12 rings (SSSR count). The molecular weight excluding hydrogens is 759 g/mol. The van der Waals surface area contributed by atoms with E-state index in [9.17, 15) is 0 Å². The Morgan fingerprint density at radius 1 is 0.230 bits per heavy atom. The zero-order chi connectivity index (χ0) is 40.3. The lowest BCUT2D eigenvalue weighted by molar-refractivity contribution is 1.08. The van der Waals surface area contributed by atoms with E-state index < -0.39 is 0 Å². The predicted octanol–water partition coefficient (Wildman–Crippen LogP) is 15.7. The molecule has 2 aromatic heterocycles. The fraction of sp³-hybridized carbons (Fsp3) is 0. The van der Waals surface area contributed by atoms with Gasteiger partial charge in [-0.3, -0.25) is 0 Å². The molecule has 61 heavy (non-hydrogen) atoms. The van der Waals surface area contributed by atoms with Crippen molar-refractivity contribution in [1.29, 1.82) is 0 Å². The molecule has 2 heterocycles. The minimum Gasteiger partial charge on any atom is -0.208 e. The minimum absolute atomic E-state index is 0.634. The highest BCUT2D eigenvalue weighted by Gasteiger charge is 2.20. The van der Waals surface area contributed by atoms with E-state index in [1.165, 1.54) is 53.6 Å². The van der Waals surface area contributed by atoms with Gasteiger partial charge in [0.1, 0.15) is 0 Å². The summed E-state index contributed by atoms with van der Waals surface area (Å²) in [6.45, 7) is 0. The van der Waals surface area contributed by atoms with Crippen LogP contribution in [-0.4, -0.2) is 15.0 Å². The third-order valence-electron chi connectivity index (χ3n) is 12.0. The highest BCUT2D eigenvalue weighted by Crippen LogP contribution is 2.42. The average molecular weight is 794 g/mol. The number of thiophene rings is 1. The third kappa shape index (κ3) is 5.99. The van der Waals surface area contributed by atoms with Gasteiger partial charge >= 0.3 is 0 Å². The van der Waals surface area contributed by atoms with Crippen LogP contribution in [0.1, 0.15) is 0 Å². The van der Waals surface area contributed by atoms with E-state index in [4.69, 9.17) is 15.0 Å². The van der Waals surface area contributed by atoms with Gasteiger partial charge in [0.05, 0.1) is 0 Å². The zero-order valence-electron chi connectivity index (χ0n) is 33.0. The molecular formula is C57H35N3S. The molecule has 0 radical (unpaired) electrons. The molecule has 0 atom stereocenters. The second kappa shape index (κ2) is 14.5. The van der Waals surface area contributed by atoms with Crippen molar-refractivity contribution in [3.63, 3.8) is 0 Å². The summed E-state index contributed by atoms with van der Waals surface area (Å²) in [6.07, 6.45) is 0. The highest BCUT2D eigenvalue weighted by molar-refractivity contribution is 7.25. The Hall–Kier alpha value is -7.79. The topological polar surface area (TPSA) is 38.7 Å². The van der Waals surface area contributed by atoms with Crippen LogP contribution in [-0.2, 0) is 0 Å². The first-order valence-electron chi connectivity index (χ1n) is 20.6. The number of benzene rings is 10. The number of hydrogen-bond acceptors (Lipinski definition) is 4. The molecule has 0 fully saturated rings. The van der Waals surface area contributed by atoms with Crippen molar-refractivity contribution in [2.45, 2.75) is 0 Å². The normalized spacial score (nSPS) is 11.6. The summed E-state index contributed by atoms with van der Waals surface area (Å²) in [4.78, 5) is 16.2. The Bertz CT molecular complexity index is 3550. The van der Waals surface area contributed by atoms with E-state index in [2.05, 4.69) is 212 Å². The van der Waals surface area contributed by atoms with E-state index in [1.807, 2.05) is 11.3 Å². The van der Waals surface area contributed by atoms with Gasteiger partial charge in [-0.1, -0.05) is 188 Å². The van der Waals surface area contributed by atoms with Crippen LogP contribution in [0.15, 0.2) is 212 Å². The van der Waals surface area contributed by atoms with Gasteiger partial charge in [0.25, 0.3) is 0 Å². The summed E-state index contributed by atoms with van der Waals surface area (Å²) in [5.41, 5.74) is 9.94. The fourth-order valence-corrected chi connectivity index (χ4v) is 10.3. The smallest absolute Gasteiger partial charge is 0.164 e. The molecule has 0 saturated heterocycles. The van der Waals surface area contributed by atoms with E-state index in [-0.39, 0.29) is 0 Å². The number of aromatic nitrogens is 3. The minimum atomic E-state index is 0.634. The summed E-state index contributed by atoms with van der Waals surface area (Å²) in [5, 5.41) is 9.33. The maximum atomic E-state index is 5.39. The van der Waals surface area contributed by atoms with Crippen LogP contribution in [0, 0.1) is 0 Å². The maximum Gasteiger partial charge on any atom is 0.164 e. The SMILES string of the molecule is c1ccc(-c2cccc3c(-c4nc(-c5ccc(-c6ccccc6)c6ccccc56)nc(-c5ccc(-c6ccc7c(c6)sc6ccccc67)c6ccccc56)n4)cccc23)cc1. The molecule has 4 heteroatoms. The summed E-state index contributed by atoms with van der Waals surface area (Å²) >= 11 is 1.85. The molecule has 284 valence electrons. The first kappa shape index (κ1) is 35.2. The predicted molar refractivity (Wildman–Crippen MR) is 258 cm³/mol. The van der Waals surface area contributed by atoms with Gasteiger partial charge < -0.3 is 0 Å². The average Bonchev–Trinajstić information content (AvgIpc) is 3.71. The number of nitrogens with zero attached hydrogens (tertiary/aromatic N) is 3. The van der Waals surface area contributed by atoms with Gasteiger partial charge in [-0.25, -0.2) is 15.0 Å². The third-order valence-corrected chi connectivity index (χ3v) is 13.1.